The molecule has 18 heavy (non-hydrogen) atoms. The topological polar surface area (TPSA) is 72.9 Å². The predicted molar refractivity (Wildman–Crippen MR) is 71.7 cm³/mol. The Labute approximate surface area is 109 Å². The van der Waals surface area contributed by atoms with Gasteiger partial charge in [-0.05, 0) is 30.9 Å². The lowest BCUT2D eigenvalue weighted by Gasteiger charge is -2.23. The molecule has 1 aromatic heterocycles. The molecular weight excluding hydrogens is 228 g/mol. The van der Waals surface area contributed by atoms with Crippen LogP contribution < -0.4 is 11.1 Å². The van der Waals surface area contributed by atoms with Crippen LogP contribution in [0.4, 0.5) is 0 Å². The maximum atomic E-state index is 11.7. The van der Waals surface area contributed by atoms with Crippen LogP contribution in [0, 0.1) is 5.41 Å². The van der Waals surface area contributed by atoms with E-state index in [1.165, 1.54) is 0 Å². The summed E-state index contributed by atoms with van der Waals surface area (Å²) in [4.78, 5) is 11.7. The van der Waals surface area contributed by atoms with Crippen molar-refractivity contribution in [2.75, 3.05) is 6.54 Å². The number of nitrogens with zero attached hydrogens (tertiary/aromatic N) is 2. The fourth-order valence-corrected chi connectivity index (χ4v) is 1.82. The molecule has 0 bridgehead atoms. The van der Waals surface area contributed by atoms with Crippen LogP contribution in [0.15, 0.2) is 12.3 Å². The number of carbonyl (C=O) groups is 1. The van der Waals surface area contributed by atoms with E-state index in [1.54, 1.807) is 10.9 Å². The molecule has 3 N–H and O–H groups in total. The summed E-state index contributed by atoms with van der Waals surface area (Å²) in [5, 5.41) is 6.97. The zero-order chi connectivity index (χ0) is 13.6. The lowest BCUT2D eigenvalue weighted by molar-refractivity contribution is -0.121. The number of rotatable bonds is 7. The summed E-state index contributed by atoms with van der Waals surface area (Å²) in [7, 11) is 1.87. The molecule has 1 heterocycles. The first-order chi connectivity index (χ1) is 8.44. The van der Waals surface area contributed by atoms with Crippen LogP contribution in [-0.4, -0.2) is 22.2 Å². The Morgan fingerprint density at radius 1 is 1.50 bits per heavy atom. The zero-order valence-electron chi connectivity index (χ0n) is 11.6. The number of hydrogen-bond acceptors (Lipinski definition) is 3. The van der Waals surface area contributed by atoms with E-state index in [0.29, 0.717) is 19.5 Å². The Morgan fingerprint density at radius 2 is 2.22 bits per heavy atom. The van der Waals surface area contributed by atoms with E-state index >= 15 is 0 Å². The molecule has 5 nitrogen and oxygen atoms in total. The number of nitrogens with one attached hydrogen (secondary N) is 1. The Hall–Kier alpha value is -1.36. The van der Waals surface area contributed by atoms with Crippen LogP contribution in [0.25, 0.3) is 0 Å². The maximum absolute atomic E-state index is 11.7. The second-order valence-electron chi connectivity index (χ2n) is 5.43. The van der Waals surface area contributed by atoms with Crippen LogP contribution in [0.5, 0.6) is 0 Å². The molecule has 0 aliphatic heterocycles. The van der Waals surface area contributed by atoms with Crippen molar-refractivity contribution in [1.82, 2.24) is 15.1 Å². The molecule has 0 saturated heterocycles. The van der Waals surface area contributed by atoms with Crippen LogP contribution in [0.2, 0.25) is 0 Å². The van der Waals surface area contributed by atoms with Gasteiger partial charge in [0, 0.05) is 19.7 Å². The summed E-state index contributed by atoms with van der Waals surface area (Å²) >= 11 is 0. The molecule has 0 aliphatic rings. The smallest absolute Gasteiger partial charge is 0.220 e. The lowest BCUT2D eigenvalue weighted by atomic mass is 9.84. The fraction of sp³-hybridized carbons (Fsp3) is 0.692. The van der Waals surface area contributed by atoms with E-state index in [9.17, 15) is 4.79 Å². The number of nitrogens with two attached hydrogens (primary N) is 1. The van der Waals surface area contributed by atoms with E-state index < -0.39 is 0 Å². The lowest BCUT2D eigenvalue weighted by Crippen LogP contribution is -2.26. The minimum Gasteiger partial charge on any atom is -0.350 e. The third-order valence-electron chi connectivity index (χ3n) is 3.24. The van der Waals surface area contributed by atoms with Gasteiger partial charge in [0.25, 0.3) is 0 Å². The highest BCUT2D eigenvalue weighted by Crippen LogP contribution is 2.25. The highest BCUT2D eigenvalue weighted by Gasteiger charge is 2.18. The van der Waals surface area contributed by atoms with Crippen LogP contribution in [-0.2, 0) is 18.4 Å². The molecule has 0 radical (unpaired) electrons. The Balaban J connectivity index is 2.28. The summed E-state index contributed by atoms with van der Waals surface area (Å²) in [6.45, 7) is 5.50. The standard InChI is InChI=1S/C13H24N4O/c1-13(2,7-8-14)6-4-12(18)15-10-11-5-9-16-17(11)3/h5,9H,4,6-8,10,14H2,1-3H3,(H,15,18). The molecule has 1 rings (SSSR count). The summed E-state index contributed by atoms with van der Waals surface area (Å²) in [5.41, 5.74) is 6.69. The van der Waals surface area contributed by atoms with Gasteiger partial charge >= 0.3 is 0 Å². The van der Waals surface area contributed by atoms with Crippen molar-refractivity contribution >= 4 is 5.91 Å². The molecule has 0 aliphatic carbocycles. The minimum atomic E-state index is 0.0845. The van der Waals surface area contributed by atoms with Crippen LogP contribution >= 0.6 is 0 Å². The van der Waals surface area contributed by atoms with Crippen molar-refractivity contribution in [2.45, 2.75) is 39.7 Å². The van der Waals surface area contributed by atoms with Gasteiger partial charge in [-0.25, -0.2) is 0 Å². The number of amides is 1. The van der Waals surface area contributed by atoms with Gasteiger partial charge in [-0.2, -0.15) is 5.10 Å². The number of hydrogen-bond donors (Lipinski definition) is 2. The largest absolute Gasteiger partial charge is 0.350 e. The molecule has 0 aromatic carbocycles. The second-order valence-corrected chi connectivity index (χ2v) is 5.43. The molecule has 0 spiro atoms. The van der Waals surface area contributed by atoms with Gasteiger partial charge < -0.3 is 11.1 Å². The van der Waals surface area contributed by atoms with E-state index in [0.717, 1.165) is 18.5 Å². The first-order valence-electron chi connectivity index (χ1n) is 6.38. The van der Waals surface area contributed by atoms with Crippen molar-refractivity contribution in [2.24, 2.45) is 18.2 Å². The monoisotopic (exact) mass is 252 g/mol. The molecule has 5 heteroatoms. The average molecular weight is 252 g/mol. The highest BCUT2D eigenvalue weighted by molar-refractivity contribution is 5.75. The predicted octanol–water partition coefficient (Wildman–Crippen LogP) is 1.19. The van der Waals surface area contributed by atoms with E-state index in [1.807, 2.05) is 13.1 Å². The van der Waals surface area contributed by atoms with Gasteiger partial charge in [-0.15, -0.1) is 0 Å². The van der Waals surface area contributed by atoms with E-state index in [-0.39, 0.29) is 11.3 Å². The van der Waals surface area contributed by atoms with Crippen molar-refractivity contribution in [3.8, 4) is 0 Å². The van der Waals surface area contributed by atoms with Crippen molar-refractivity contribution in [3.63, 3.8) is 0 Å². The van der Waals surface area contributed by atoms with Crippen LogP contribution in [0.1, 0.15) is 38.8 Å². The Morgan fingerprint density at radius 3 is 2.78 bits per heavy atom. The molecule has 1 amide bonds. The van der Waals surface area contributed by atoms with Gasteiger partial charge in [-0.3, -0.25) is 9.48 Å². The van der Waals surface area contributed by atoms with Crippen molar-refractivity contribution in [3.05, 3.63) is 18.0 Å². The average Bonchev–Trinajstić information content (AvgIpc) is 2.70. The van der Waals surface area contributed by atoms with E-state index in [2.05, 4.69) is 24.3 Å². The van der Waals surface area contributed by atoms with Gasteiger partial charge in [0.2, 0.25) is 5.91 Å². The van der Waals surface area contributed by atoms with Crippen LogP contribution in [0.3, 0.4) is 0 Å². The maximum Gasteiger partial charge on any atom is 0.220 e. The quantitative estimate of drug-likeness (QED) is 0.765. The molecule has 0 saturated carbocycles. The van der Waals surface area contributed by atoms with Gasteiger partial charge in [0.1, 0.15) is 0 Å². The molecule has 1 aromatic rings. The first kappa shape index (κ1) is 14.7. The van der Waals surface area contributed by atoms with Gasteiger partial charge in [0.05, 0.1) is 12.2 Å². The highest BCUT2D eigenvalue weighted by atomic mass is 16.1. The Bertz CT molecular complexity index is 384. The van der Waals surface area contributed by atoms with E-state index in [4.69, 9.17) is 5.73 Å². The number of carbonyl (C=O) groups excluding carboxylic acids is 1. The fourth-order valence-electron chi connectivity index (χ4n) is 1.82. The number of aryl methyl sites for hydroxylation is 1. The SMILES string of the molecule is Cn1nccc1CNC(=O)CCC(C)(C)CCN. The summed E-state index contributed by atoms with van der Waals surface area (Å²) in [6.07, 6.45) is 4.08. The third kappa shape index (κ3) is 4.87. The molecule has 102 valence electrons. The molecule has 0 unspecified atom stereocenters. The minimum absolute atomic E-state index is 0.0845. The molecule has 0 atom stereocenters. The normalized spacial score (nSPS) is 11.6. The summed E-state index contributed by atoms with van der Waals surface area (Å²) in [6, 6.07) is 1.90. The van der Waals surface area contributed by atoms with Crippen molar-refractivity contribution in [1.29, 1.82) is 0 Å². The molecule has 0 fully saturated rings. The second kappa shape index (κ2) is 6.54. The summed E-state index contributed by atoms with van der Waals surface area (Å²) in [5.74, 6) is 0.0845. The third-order valence-corrected chi connectivity index (χ3v) is 3.24. The molecular formula is C13H24N4O. The van der Waals surface area contributed by atoms with Gasteiger partial charge in [0.15, 0.2) is 0 Å². The van der Waals surface area contributed by atoms with Crippen molar-refractivity contribution < 1.29 is 4.79 Å². The zero-order valence-corrected chi connectivity index (χ0v) is 11.6. The van der Waals surface area contributed by atoms with Gasteiger partial charge in [-0.1, -0.05) is 13.8 Å². The first-order valence-corrected chi connectivity index (χ1v) is 6.38. The Kier molecular flexibility index (Phi) is 5.34. The summed E-state index contributed by atoms with van der Waals surface area (Å²) < 4.78 is 1.76. The number of aromatic nitrogens is 2.